The van der Waals surface area contributed by atoms with E-state index >= 15 is 0 Å². The molecule has 0 unspecified atom stereocenters. The second-order valence-corrected chi connectivity index (χ2v) is 9.49. The van der Waals surface area contributed by atoms with Crippen molar-refractivity contribution in [3.63, 3.8) is 0 Å². The molecule has 7 heteroatoms. The summed E-state index contributed by atoms with van der Waals surface area (Å²) in [5, 5.41) is 10.8. The summed E-state index contributed by atoms with van der Waals surface area (Å²) >= 11 is 6.15. The fraction of sp³-hybridized carbons (Fsp3) is 0.321. The molecule has 6 nitrogen and oxygen atoms in total. The molecule has 35 heavy (non-hydrogen) atoms. The van der Waals surface area contributed by atoms with E-state index in [9.17, 15) is 10.0 Å². The van der Waals surface area contributed by atoms with Gasteiger partial charge in [0.2, 0.25) is 0 Å². The molecule has 1 saturated heterocycles. The van der Waals surface area contributed by atoms with Gasteiger partial charge >= 0.3 is 6.03 Å². The Morgan fingerprint density at radius 2 is 1.49 bits per heavy atom. The lowest BCUT2D eigenvalue weighted by Gasteiger charge is -2.40. The summed E-state index contributed by atoms with van der Waals surface area (Å²) in [5.41, 5.74) is 9.75. The maximum atomic E-state index is 11.0. The van der Waals surface area contributed by atoms with Crippen molar-refractivity contribution < 1.29 is 10.0 Å². The molecule has 3 aromatic rings. The quantitative estimate of drug-likeness (QED) is 0.327. The first-order valence-corrected chi connectivity index (χ1v) is 12.5. The second kappa shape index (κ2) is 12.2. The molecule has 2 amide bonds. The van der Waals surface area contributed by atoms with Gasteiger partial charge in [0.15, 0.2) is 0 Å². The van der Waals surface area contributed by atoms with Crippen molar-refractivity contribution in [2.24, 2.45) is 5.73 Å². The largest absolute Gasteiger partial charge is 0.350 e. The van der Waals surface area contributed by atoms with E-state index in [0.29, 0.717) is 5.06 Å². The predicted octanol–water partition coefficient (Wildman–Crippen LogP) is 4.95. The van der Waals surface area contributed by atoms with Crippen LogP contribution >= 0.6 is 11.6 Å². The number of rotatable bonds is 9. The van der Waals surface area contributed by atoms with Crippen LogP contribution in [0.3, 0.4) is 0 Å². The van der Waals surface area contributed by atoms with Gasteiger partial charge in [-0.2, -0.15) is 0 Å². The van der Waals surface area contributed by atoms with Crippen molar-refractivity contribution >= 4 is 17.6 Å². The van der Waals surface area contributed by atoms with Gasteiger partial charge in [-0.1, -0.05) is 78.3 Å². The SMILES string of the molecule is NC(=O)N(O)Cc1ccc(CCCN2CCN([C@H](c3ccccc3)c3ccc(Cl)cc3)CC2)cc1. The predicted molar refractivity (Wildman–Crippen MR) is 139 cm³/mol. The van der Waals surface area contributed by atoms with E-state index in [2.05, 4.69) is 64.4 Å². The van der Waals surface area contributed by atoms with Gasteiger partial charge in [0.05, 0.1) is 12.6 Å². The number of hydrogen-bond donors (Lipinski definition) is 2. The lowest BCUT2D eigenvalue weighted by Crippen LogP contribution is -2.48. The highest BCUT2D eigenvalue weighted by Gasteiger charge is 2.26. The monoisotopic (exact) mass is 492 g/mol. The van der Waals surface area contributed by atoms with Gasteiger partial charge in [-0.25, -0.2) is 9.86 Å². The van der Waals surface area contributed by atoms with Crippen LogP contribution < -0.4 is 5.73 Å². The van der Waals surface area contributed by atoms with Crippen LogP contribution in [0.1, 0.15) is 34.7 Å². The third-order valence-corrected chi connectivity index (χ3v) is 6.87. The number of piperazine rings is 1. The Morgan fingerprint density at radius 1 is 0.886 bits per heavy atom. The molecule has 0 bridgehead atoms. The van der Waals surface area contributed by atoms with Crippen LogP contribution in [0.2, 0.25) is 5.02 Å². The number of hydroxylamine groups is 2. The summed E-state index contributed by atoms with van der Waals surface area (Å²) in [6.07, 6.45) is 2.09. The zero-order valence-corrected chi connectivity index (χ0v) is 20.6. The molecule has 0 radical (unpaired) electrons. The molecule has 3 N–H and O–H groups in total. The topological polar surface area (TPSA) is 73.0 Å². The third kappa shape index (κ3) is 7.05. The Hall–Kier alpha value is -2.90. The normalized spacial score (nSPS) is 15.6. The molecule has 184 valence electrons. The number of halogens is 1. The smallest absolute Gasteiger partial charge is 0.338 e. The summed E-state index contributed by atoms with van der Waals surface area (Å²) in [7, 11) is 0. The first kappa shape index (κ1) is 25.2. The molecular weight excluding hydrogens is 460 g/mol. The van der Waals surface area contributed by atoms with Crippen molar-refractivity contribution in [2.75, 3.05) is 32.7 Å². The highest BCUT2D eigenvalue weighted by Crippen LogP contribution is 2.30. The summed E-state index contributed by atoms with van der Waals surface area (Å²) in [4.78, 5) is 16.1. The van der Waals surface area contributed by atoms with Crippen LogP contribution in [0, 0.1) is 0 Å². The average Bonchev–Trinajstić information content (AvgIpc) is 2.88. The van der Waals surface area contributed by atoms with Crippen molar-refractivity contribution in [2.45, 2.75) is 25.4 Å². The van der Waals surface area contributed by atoms with E-state index in [4.69, 9.17) is 17.3 Å². The summed E-state index contributed by atoms with van der Waals surface area (Å²) in [6, 6.07) is 26.3. The number of nitrogens with two attached hydrogens (primary N) is 1. The van der Waals surface area contributed by atoms with Crippen molar-refractivity contribution in [1.29, 1.82) is 0 Å². The molecule has 1 aliphatic rings. The first-order chi connectivity index (χ1) is 17.0. The number of carbonyl (C=O) groups excluding carboxylic acids is 1. The van der Waals surface area contributed by atoms with Crippen LogP contribution in [0.25, 0.3) is 0 Å². The molecule has 1 fully saturated rings. The van der Waals surface area contributed by atoms with Gasteiger partial charge in [-0.3, -0.25) is 10.1 Å². The van der Waals surface area contributed by atoms with E-state index in [1.807, 2.05) is 24.3 Å². The number of hydrogen-bond acceptors (Lipinski definition) is 4. The zero-order chi connectivity index (χ0) is 24.6. The van der Waals surface area contributed by atoms with Gasteiger partial charge < -0.3 is 10.6 Å². The summed E-state index contributed by atoms with van der Waals surface area (Å²) < 4.78 is 0. The molecule has 4 rings (SSSR count). The maximum absolute atomic E-state index is 11.0. The van der Waals surface area contributed by atoms with Crippen LogP contribution in [0.5, 0.6) is 0 Å². The fourth-order valence-electron chi connectivity index (χ4n) is 4.71. The van der Waals surface area contributed by atoms with E-state index in [0.717, 1.165) is 56.2 Å². The van der Waals surface area contributed by atoms with E-state index in [1.54, 1.807) is 0 Å². The van der Waals surface area contributed by atoms with E-state index in [1.165, 1.54) is 16.7 Å². The molecular formula is C28H33ClN4O2. The lowest BCUT2D eigenvalue weighted by atomic mass is 9.96. The molecule has 0 spiro atoms. The highest BCUT2D eigenvalue weighted by atomic mass is 35.5. The number of primary amides is 1. The lowest BCUT2D eigenvalue weighted by molar-refractivity contribution is -0.0470. The highest BCUT2D eigenvalue weighted by molar-refractivity contribution is 6.30. The van der Waals surface area contributed by atoms with Crippen LogP contribution in [-0.4, -0.2) is 58.8 Å². The summed E-state index contributed by atoms with van der Waals surface area (Å²) in [5.74, 6) is 0. The molecule has 0 aromatic heterocycles. The Morgan fingerprint density at radius 3 is 2.11 bits per heavy atom. The minimum absolute atomic E-state index is 0.0971. The number of amides is 2. The van der Waals surface area contributed by atoms with Crippen LogP contribution in [0.4, 0.5) is 4.79 Å². The number of nitrogens with zero attached hydrogens (tertiary/aromatic N) is 3. The molecule has 3 aromatic carbocycles. The third-order valence-electron chi connectivity index (χ3n) is 6.62. The van der Waals surface area contributed by atoms with Gasteiger partial charge in [0, 0.05) is 31.2 Å². The van der Waals surface area contributed by atoms with Crippen molar-refractivity contribution in [3.05, 3.63) is 106 Å². The van der Waals surface area contributed by atoms with Gasteiger partial charge in [0.1, 0.15) is 0 Å². The second-order valence-electron chi connectivity index (χ2n) is 9.06. The molecule has 0 saturated carbocycles. The standard InChI is InChI=1S/C28H33ClN4O2/c29-26-14-12-25(13-15-26)27(24-6-2-1-3-7-24)32-19-17-31(18-20-32)16-4-5-22-8-10-23(11-9-22)21-33(35)28(30)34/h1-3,6-15,27,35H,4-5,16-21H2,(H2,30,34)/t27-/m1/s1. The minimum Gasteiger partial charge on any atom is -0.350 e. The Bertz CT molecular complexity index is 1070. The minimum atomic E-state index is -0.850. The van der Waals surface area contributed by atoms with Crippen molar-refractivity contribution in [3.8, 4) is 0 Å². The van der Waals surface area contributed by atoms with E-state index in [-0.39, 0.29) is 12.6 Å². The summed E-state index contributed by atoms with van der Waals surface area (Å²) in [6.45, 7) is 5.31. The maximum Gasteiger partial charge on any atom is 0.338 e. The number of benzene rings is 3. The Balaban J connectivity index is 1.28. The fourth-order valence-corrected chi connectivity index (χ4v) is 4.83. The molecule has 1 atom stereocenters. The van der Waals surface area contributed by atoms with Crippen LogP contribution in [0.15, 0.2) is 78.9 Å². The zero-order valence-electron chi connectivity index (χ0n) is 19.9. The first-order valence-electron chi connectivity index (χ1n) is 12.1. The number of carbonyl (C=O) groups is 1. The molecule has 1 aliphatic heterocycles. The van der Waals surface area contributed by atoms with E-state index < -0.39 is 6.03 Å². The van der Waals surface area contributed by atoms with Gasteiger partial charge in [-0.15, -0.1) is 0 Å². The van der Waals surface area contributed by atoms with Crippen LogP contribution in [-0.2, 0) is 13.0 Å². The Kier molecular flexibility index (Phi) is 8.77. The molecule has 1 heterocycles. The Labute approximate surface area is 212 Å². The average molecular weight is 493 g/mol. The number of aryl methyl sites for hydroxylation is 1. The molecule has 0 aliphatic carbocycles. The van der Waals surface area contributed by atoms with Gasteiger partial charge in [-0.05, 0) is 53.8 Å². The number of urea groups is 1. The van der Waals surface area contributed by atoms with Gasteiger partial charge in [0.25, 0.3) is 0 Å². The van der Waals surface area contributed by atoms with Crippen molar-refractivity contribution in [1.82, 2.24) is 14.9 Å².